The van der Waals surface area contributed by atoms with Crippen LogP contribution in [0.4, 0.5) is 0 Å². The quantitative estimate of drug-likeness (QED) is 0.666. The topological polar surface area (TPSA) is 121 Å². The van der Waals surface area contributed by atoms with Crippen molar-refractivity contribution in [1.29, 1.82) is 0 Å². The number of rotatable bonds is 5. The lowest BCUT2D eigenvalue weighted by molar-refractivity contribution is -0.138. The van der Waals surface area contributed by atoms with Gasteiger partial charge < -0.3 is 24.8 Å². The molecule has 2 heterocycles. The van der Waals surface area contributed by atoms with Gasteiger partial charge in [-0.1, -0.05) is 29.4 Å². The third-order valence-electron chi connectivity index (χ3n) is 4.20. The van der Waals surface area contributed by atoms with E-state index in [4.69, 9.17) is 24.8 Å². The molecule has 3 N–H and O–H groups in total. The molecule has 0 amide bonds. The number of aromatic nitrogens is 2. The predicted octanol–water partition coefficient (Wildman–Crippen LogP) is 2.55. The summed E-state index contributed by atoms with van der Waals surface area (Å²) in [5, 5.41) is 12.9. The molecule has 2 aromatic carbocycles. The average molecular weight is 404 g/mol. The molecule has 0 fully saturated rings. The summed E-state index contributed by atoms with van der Waals surface area (Å²) in [6.07, 6.45) is 0.254. The Balaban J connectivity index is 0.00000225. The molecule has 8 nitrogen and oxygen atoms in total. The summed E-state index contributed by atoms with van der Waals surface area (Å²) in [6, 6.07) is 11.8. The van der Waals surface area contributed by atoms with Crippen LogP contribution in [-0.4, -0.2) is 40.5 Å². The van der Waals surface area contributed by atoms with Gasteiger partial charge in [0, 0.05) is 11.1 Å². The van der Waals surface area contributed by atoms with Crippen molar-refractivity contribution >= 4 is 18.4 Å². The fraction of sp³-hybridized carbons (Fsp3) is 0.211. The van der Waals surface area contributed by atoms with Crippen LogP contribution in [0, 0.1) is 0 Å². The van der Waals surface area contributed by atoms with Crippen molar-refractivity contribution in [2.45, 2.75) is 12.5 Å². The van der Waals surface area contributed by atoms with Crippen LogP contribution in [0.25, 0.3) is 22.8 Å². The first kappa shape index (κ1) is 19.7. The minimum atomic E-state index is -1.03. The van der Waals surface area contributed by atoms with E-state index in [1.54, 1.807) is 12.1 Å². The van der Waals surface area contributed by atoms with E-state index in [9.17, 15) is 4.79 Å². The number of hydrogen-bond donors (Lipinski definition) is 2. The third-order valence-corrected chi connectivity index (χ3v) is 4.20. The van der Waals surface area contributed by atoms with Gasteiger partial charge in [-0.3, -0.25) is 4.79 Å². The van der Waals surface area contributed by atoms with Crippen molar-refractivity contribution in [3.05, 3.63) is 48.0 Å². The zero-order chi connectivity index (χ0) is 18.8. The van der Waals surface area contributed by atoms with Crippen LogP contribution in [0.3, 0.4) is 0 Å². The Morgan fingerprint density at radius 1 is 1.07 bits per heavy atom. The maximum absolute atomic E-state index is 10.8. The molecular formula is C19H18ClN3O5. The molecule has 3 aromatic rings. The normalized spacial score (nSPS) is 13.5. The van der Waals surface area contributed by atoms with E-state index in [2.05, 4.69) is 10.1 Å². The monoisotopic (exact) mass is 403 g/mol. The van der Waals surface area contributed by atoms with Crippen molar-refractivity contribution in [2.24, 2.45) is 5.73 Å². The molecule has 0 aliphatic carbocycles. The van der Waals surface area contributed by atoms with E-state index < -0.39 is 12.0 Å². The van der Waals surface area contributed by atoms with Crippen LogP contribution in [0.1, 0.15) is 5.56 Å². The van der Waals surface area contributed by atoms with Crippen molar-refractivity contribution in [1.82, 2.24) is 10.1 Å². The fourth-order valence-corrected chi connectivity index (χ4v) is 2.77. The van der Waals surface area contributed by atoms with Gasteiger partial charge in [-0.05, 0) is 30.2 Å². The van der Waals surface area contributed by atoms with Gasteiger partial charge in [-0.2, -0.15) is 4.98 Å². The molecule has 1 aliphatic heterocycles. The minimum absolute atomic E-state index is 0. The molecule has 4 rings (SSSR count). The SMILES string of the molecule is Cl.N[C@@H](Cc1ccc(-c2noc(-c3ccc4c(c3)OCCO4)n2)cc1)C(=O)O. The largest absolute Gasteiger partial charge is 0.486 e. The van der Waals surface area contributed by atoms with E-state index in [0.29, 0.717) is 36.4 Å². The van der Waals surface area contributed by atoms with Gasteiger partial charge in [0.15, 0.2) is 11.5 Å². The van der Waals surface area contributed by atoms with Crippen molar-refractivity contribution in [2.75, 3.05) is 13.2 Å². The molecule has 1 aliphatic rings. The minimum Gasteiger partial charge on any atom is -0.486 e. The summed E-state index contributed by atoms with van der Waals surface area (Å²) in [5.74, 6) is 1.13. The molecule has 1 aromatic heterocycles. The van der Waals surface area contributed by atoms with Gasteiger partial charge in [0.2, 0.25) is 5.82 Å². The Morgan fingerprint density at radius 2 is 1.75 bits per heavy atom. The molecule has 0 spiro atoms. The number of nitrogens with zero attached hydrogens (tertiary/aromatic N) is 2. The molecule has 1 atom stereocenters. The van der Waals surface area contributed by atoms with Crippen LogP contribution in [0.5, 0.6) is 11.5 Å². The Kier molecular flexibility index (Phi) is 5.81. The smallest absolute Gasteiger partial charge is 0.320 e. The Hall–Kier alpha value is -3.10. The number of nitrogens with two attached hydrogens (primary N) is 1. The number of halogens is 1. The highest BCUT2D eigenvalue weighted by Gasteiger charge is 2.17. The van der Waals surface area contributed by atoms with Crippen molar-refractivity contribution in [3.63, 3.8) is 0 Å². The van der Waals surface area contributed by atoms with Crippen molar-refractivity contribution in [3.8, 4) is 34.3 Å². The van der Waals surface area contributed by atoms with Gasteiger partial charge in [-0.15, -0.1) is 12.4 Å². The molecule has 0 unspecified atom stereocenters. The molecule has 0 saturated carbocycles. The van der Waals surface area contributed by atoms with E-state index in [1.165, 1.54) is 0 Å². The molecular weight excluding hydrogens is 386 g/mol. The zero-order valence-corrected chi connectivity index (χ0v) is 15.5. The summed E-state index contributed by atoms with van der Waals surface area (Å²) < 4.78 is 16.4. The van der Waals surface area contributed by atoms with Gasteiger partial charge >= 0.3 is 5.97 Å². The van der Waals surface area contributed by atoms with Crippen LogP contribution in [0.15, 0.2) is 47.0 Å². The summed E-state index contributed by atoms with van der Waals surface area (Å²) in [5.41, 5.74) is 7.88. The lowest BCUT2D eigenvalue weighted by atomic mass is 10.0. The van der Waals surface area contributed by atoms with E-state index in [0.717, 1.165) is 16.7 Å². The third kappa shape index (κ3) is 4.08. The molecule has 9 heteroatoms. The van der Waals surface area contributed by atoms with Crippen LogP contribution >= 0.6 is 12.4 Å². The summed E-state index contributed by atoms with van der Waals surface area (Å²) >= 11 is 0. The molecule has 146 valence electrons. The number of aliphatic carboxylic acids is 1. The summed E-state index contributed by atoms with van der Waals surface area (Å²) in [7, 11) is 0. The molecule has 0 saturated heterocycles. The Morgan fingerprint density at radius 3 is 2.46 bits per heavy atom. The second-order valence-electron chi connectivity index (χ2n) is 6.13. The van der Waals surface area contributed by atoms with Gasteiger partial charge in [0.05, 0.1) is 0 Å². The maximum Gasteiger partial charge on any atom is 0.320 e. The highest BCUT2D eigenvalue weighted by atomic mass is 35.5. The Bertz CT molecular complexity index is 974. The maximum atomic E-state index is 10.8. The van der Waals surface area contributed by atoms with E-state index in [-0.39, 0.29) is 18.8 Å². The van der Waals surface area contributed by atoms with Gasteiger partial charge in [0.25, 0.3) is 5.89 Å². The van der Waals surface area contributed by atoms with E-state index in [1.807, 2.05) is 30.3 Å². The molecule has 0 radical (unpaired) electrons. The first-order valence-electron chi connectivity index (χ1n) is 8.41. The lowest BCUT2D eigenvalue weighted by Gasteiger charge is -2.18. The Labute approximate surface area is 166 Å². The second kappa shape index (κ2) is 8.28. The zero-order valence-electron chi connectivity index (χ0n) is 14.7. The van der Waals surface area contributed by atoms with Gasteiger partial charge in [0.1, 0.15) is 19.3 Å². The number of carboxylic acid groups (broad SMARTS) is 1. The predicted molar refractivity (Wildman–Crippen MR) is 103 cm³/mol. The van der Waals surface area contributed by atoms with Crippen LogP contribution in [0.2, 0.25) is 0 Å². The first-order chi connectivity index (χ1) is 13.1. The number of benzene rings is 2. The number of ether oxygens (including phenoxy) is 2. The highest BCUT2D eigenvalue weighted by molar-refractivity contribution is 5.85. The van der Waals surface area contributed by atoms with Crippen LogP contribution < -0.4 is 15.2 Å². The summed E-state index contributed by atoms with van der Waals surface area (Å²) in [6.45, 7) is 1.04. The number of carboxylic acids is 1. The summed E-state index contributed by atoms with van der Waals surface area (Å²) in [4.78, 5) is 15.3. The standard InChI is InChI=1S/C19H17N3O5.ClH/c20-14(19(23)24)9-11-1-3-12(4-2-11)17-21-18(27-22-17)13-5-6-15-16(10-13)26-8-7-25-15;/h1-6,10,14H,7-9,20H2,(H,23,24);1H/t14-;/m0./s1. The van der Waals surface area contributed by atoms with Crippen LogP contribution in [-0.2, 0) is 11.2 Å². The number of hydrogen-bond acceptors (Lipinski definition) is 7. The first-order valence-corrected chi connectivity index (χ1v) is 8.41. The average Bonchev–Trinajstić information content (AvgIpc) is 3.18. The number of fused-ring (bicyclic) bond motifs is 1. The molecule has 0 bridgehead atoms. The second-order valence-corrected chi connectivity index (χ2v) is 6.13. The lowest BCUT2D eigenvalue weighted by Crippen LogP contribution is -2.32. The van der Waals surface area contributed by atoms with Gasteiger partial charge in [-0.25, -0.2) is 0 Å². The molecule has 28 heavy (non-hydrogen) atoms. The van der Waals surface area contributed by atoms with E-state index >= 15 is 0 Å². The fourth-order valence-electron chi connectivity index (χ4n) is 2.77. The highest BCUT2D eigenvalue weighted by Crippen LogP contribution is 2.34. The van der Waals surface area contributed by atoms with Crippen molar-refractivity contribution < 1.29 is 23.9 Å². The number of carbonyl (C=O) groups is 1.